The molecule has 5 nitrogen and oxygen atoms in total. The van der Waals surface area contributed by atoms with Crippen molar-refractivity contribution < 1.29 is 22.8 Å². The Morgan fingerprint density at radius 2 is 2.08 bits per heavy atom. The van der Waals surface area contributed by atoms with Crippen LogP contribution in [0.3, 0.4) is 0 Å². The van der Waals surface area contributed by atoms with Gasteiger partial charge in [0.25, 0.3) is 5.91 Å². The lowest BCUT2D eigenvalue weighted by atomic mass is 9.88. The molecule has 1 aromatic carbocycles. The summed E-state index contributed by atoms with van der Waals surface area (Å²) in [5.74, 6) is -0.811. The minimum atomic E-state index is -4.44. The van der Waals surface area contributed by atoms with Crippen LogP contribution in [0.1, 0.15) is 24.8 Å². The molecule has 0 radical (unpaired) electrons. The van der Waals surface area contributed by atoms with Crippen LogP contribution < -0.4 is 5.32 Å². The van der Waals surface area contributed by atoms with E-state index in [1.165, 1.54) is 5.56 Å². The van der Waals surface area contributed by atoms with E-state index in [9.17, 15) is 18.0 Å². The third-order valence-electron chi connectivity index (χ3n) is 4.42. The lowest BCUT2D eigenvalue weighted by Crippen LogP contribution is -2.48. The highest BCUT2D eigenvalue weighted by atomic mass is 19.4. The number of nitrogens with one attached hydrogen (secondary N) is 1. The van der Waals surface area contributed by atoms with E-state index in [0.717, 1.165) is 25.9 Å². The van der Waals surface area contributed by atoms with Crippen LogP contribution in [0.25, 0.3) is 0 Å². The molecule has 25 heavy (non-hydrogen) atoms. The molecule has 2 heterocycles. The van der Waals surface area contributed by atoms with Gasteiger partial charge in [-0.1, -0.05) is 35.5 Å². The van der Waals surface area contributed by atoms with Crippen LogP contribution in [0, 0.1) is 0 Å². The van der Waals surface area contributed by atoms with Crippen LogP contribution in [-0.2, 0) is 16.2 Å². The molecule has 0 saturated carbocycles. The molecule has 0 bridgehead atoms. The topological polar surface area (TPSA) is 53.9 Å². The Morgan fingerprint density at radius 1 is 1.32 bits per heavy atom. The van der Waals surface area contributed by atoms with E-state index in [-0.39, 0.29) is 12.1 Å². The molecular weight excluding hydrogens is 335 g/mol. The monoisotopic (exact) mass is 355 g/mol. The van der Waals surface area contributed by atoms with Crippen molar-refractivity contribution in [3.8, 4) is 0 Å². The van der Waals surface area contributed by atoms with Crippen LogP contribution in [0.4, 0.5) is 13.2 Å². The highest BCUT2D eigenvalue weighted by Crippen LogP contribution is 2.34. The Balaban J connectivity index is 1.56. The fourth-order valence-electron chi connectivity index (χ4n) is 3.31. The number of rotatable bonds is 4. The molecule has 1 fully saturated rings. The summed E-state index contributed by atoms with van der Waals surface area (Å²) in [6.07, 6.45) is -2.58. The SMILES string of the molecule is O=C(NCC(F)(F)F)C1=NOC2(CCCN(Cc3ccccc3)C2)C1. The first-order chi connectivity index (χ1) is 11.9. The summed E-state index contributed by atoms with van der Waals surface area (Å²) in [6, 6.07) is 10.0. The molecule has 3 rings (SSSR count). The van der Waals surface area contributed by atoms with E-state index >= 15 is 0 Å². The molecule has 1 amide bonds. The summed E-state index contributed by atoms with van der Waals surface area (Å²) in [4.78, 5) is 19.6. The van der Waals surface area contributed by atoms with Crippen molar-refractivity contribution in [1.82, 2.24) is 10.2 Å². The predicted molar refractivity (Wildman–Crippen MR) is 85.9 cm³/mol. The van der Waals surface area contributed by atoms with Crippen molar-refractivity contribution in [1.29, 1.82) is 0 Å². The lowest BCUT2D eigenvalue weighted by molar-refractivity contribution is -0.134. The fourth-order valence-corrected chi connectivity index (χ4v) is 3.31. The minimum absolute atomic E-state index is 0.0332. The second-order valence-electron chi connectivity index (χ2n) is 6.59. The van der Waals surface area contributed by atoms with E-state index in [1.54, 1.807) is 0 Å². The number of alkyl halides is 3. The van der Waals surface area contributed by atoms with Gasteiger partial charge in [0.2, 0.25) is 0 Å². The van der Waals surface area contributed by atoms with Gasteiger partial charge >= 0.3 is 6.18 Å². The number of halogens is 3. The van der Waals surface area contributed by atoms with E-state index < -0.39 is 24.2 Å². The Morgan fingerprint density at radius 3 is 2.80 bits per heavy atom. The number of piperidine rings is 1. The van der Waals surface area contributed by atoms with Gasteiger partial charge in [-0.25, -0.2) is 0 Å². The minimum Gasteiger partial charge on any atom is -0.387 e. The number of hydrogen-bond donors (Lipinski definition) is 1. The van der Waals surface area contributed by atoms with Crippen LogP contribution in [0.5, 0.6) is 0 Å². The number of nitrogens with zero attached hydrogens (tertiary/aromatic N) is 2. The molecule has 1 saturated heterocycles. The molecule has 2 aliphatic heterocycles. The van der Waals surface area contributed by atoms with Crippen molar-refractivity contribution in [3.05, 3.63) is 35.9 Å². The zero-order chi connectivity index (χ0) is 17.9. The second kappa shape index (κ2) is 7.03. The first-order valence-corrected chi connectivity index (χ1v) is 8.22. The van der Waals surface area contributed by atoms with Gasteiger partial charge in [-0.2, -0.15) is 13.2 Å². The third kappa shape index (κ3) is 4.72. The molecular formula is C17H20F3N3O2. The summed E-state index contributed by atoms with van der Waals surface area (Å²) in [6.45, 7) is 0.913. The molecule has 136 valence electrons. The normalized spacial score (nSPS) is 24.0. The summed E-state index contributed by atoms with van der Waals surface area (Å²) < 4.78 is 36.7. The van der Waals surface area contributed by atoms with Gasteiger partial charge in [-0.05, 0) is 24.9 Å². The van der Waals surface area contributed by atoms with Crippen LogP contribution >= 0.6 is 0 Å². The maximum Gasteiger partial charge on any atom is 0.405 e. The molecule has 0 aromatic heterocycles. The smallest absolute Gasteiger partial charge is 0.387 e. The van der Waals surface area contributed by atoms with Crippen LogP contribution in [0.2, 0.25) is 0 Å². The van der Waals surface area contributed by atoms with Crippen molar-refractivity contribution in [3.63, 3.8) is 0 Å². The average molecular weight is 355 g/mol. The fraction of sp³-hybridized carbons (Fsp3) is 0.529. The van der Waals surface area contributed by atoms with Crippen LogP contribution in [-0.4, -0.2) is 47.9 Å². The number of amides is 1. The van der Waals surface area contributed by atoms with Crippen molar-refractivity contribution in [2.45, 2.75) is 37.6 Å². The van der Waals surface area contributed by atoms with E-state index in [1.807, 2.05) is 35.6 Å². The standard InChI is InChI=1S/C17H20F3N3O2/c18-17(19,20)11-21-15(24)14-9-16(25-22-14)7-4-8-23(12-16)10-13-5-2-1-3-6-13/h1-3,5-6H,4,7-12H2,(H,21,24). The Labute approximate surface area is 143 Å². The molecule has 1 aromatic rings. The van der Waals surface area contributed by atoms with E-state index in [0.29, 0.717) is 6.54 Å². The van der Waals surface area contributed by atoms with E-state index in [4.69, 9.17) is 4.84 Å². The molecule has 1 unspecified atom stereocenters. The Bertz CT molecular complexity index is 648. The summed E-state index contributed by atoms with van der Waals surface area (Å²) in [7, 11) is 0. The number of carbonyl (C=O) groups excluding carboxylic acids is 1. The first kappa shape index (κ1) is 17.7. The van der Waals surface area contributed by atoms with Gasteiger partial charge in [0.1, 0.15) is 12.3 Å². The van der Waals surface area contributed by atoms with Gasteiger partial charge in [0.15, 0.2) is 5.60 Å². The number of oxime groups is 1. The van der Waals surface area contributed by atoms with Gasteiger partial charge < -0.3 is 10.2 Å². The third-order valence-corrected chi connectivity index (χ3v) is 4.42. The molecule has 1 spiro atoms. The largest absolute Gasteiger partial charge is 0.405 e. The molecule has 8 heteroatoms. The van der Waals surface area contributed by atoms with Gasteiger partial charge in [-0.15, -0.1) is 0 Å². The molecule has 0 aliphatic carbocycles. The Hall–Kier alpha value is -2.09. The quantitative estimate of drug-likeness (QED) is 0.903. The van der Waals surface area contributed by atoms with Crippen LogP contribution in [0.15, 0.2) is 35.5 Å². The molecule has 1 N–H and O–H groups in total. The van der Waals surface area contributed by atoms with Gasteiger partial charge in [0.05, 0.1) is 0 Å². The predicted octanol–water partition coefficient (Wildman–Crippen LogP) is 2.48. The van der Waals surface area contributed by atoms with E-state index in [2.05, 4.69) is 10.1 Å². The van der Waals surface area contributed by atoms with Crippen molar-refractivity contribution >= 4 is 11.6 Å². The maximum atomic E-state index is 12.2. The van der Waals surface area contributed by atoms with Crippen molar-refractivity contribution in [2.24, 2.45) is 5.16 Å². The van der Waals surface area contributed by atoms with Crippen molar-refractivity contribution in [2.75, 3.05) is 19.6 Å². The lowest BCUT2D eigenvalue weighted by Gasteiger charge is -2.38. The second-order valence-corrected chi connectivity index (χ2v) is 6.59. The number of likely N-dealkylation sites (tertiary alicyclic amines) is 1. The first-order valence-electron chi connectivity index (χ1n) is 8.22. The number of carbonyl (C=O) groups is 1. The van der Waals surface area contributed by atoms with Gasteiger partial charge in [0, 0.05) is 19.5 Å². The zero-order valence-electron chi connectivity index (χ0n) is 13.7. The Kier molecular flexibility index (Phi) is 4.99. The molecule has 2 aliphatic rings. The number of hydrogen-bond acceptors (Lipinski definition) is 4. The summed E-state index contributed by atoms with van der Waals surface area (Å²) >= 11 is 0. The average Bonchev–Trinajstić information content (AvgIpc) is 2.96. The zero-order valence-corrected chi connectivity index (χ0v) is 13.7. The maximum absolute atomic E-state index is 12.2. The summed E-state index contributed by atoms with van der Waals surface area (Å²) in [5, 5.41) is 5.61. The highest BCUT2D eigenvalue weighted by molar-refractivity contribution is 6.39. The number of benzene rings is 1. The molecule has 1 atom stereocenters. The summed E-state index contributed by atoms with van der Waals surface area (Å²) in [5.41, 5.74) is 0.602. The van der Waals surface area contributed by atoms with Gasteiger partial charge in [-0.3, -0.25) is 9.69 Å². The highest BCUT2D eigenvalue weighted by Gasteiger charge is 2.44.